The van der Waals surface area contributed by atoms with Gasteiger partial charge in [0.1, 0.15) is 0 Å². The number of aromatic nitrogens is 2. The van der Waals surface area contributed by atoms with Crippen LogP contribution in [0.2, 0.25) is 0 Å². The molecule has 0 bridgehead atoms. The summed E-state index contributed by atoms with van der Waals surface area (Å²) in [7, 11) is -2.32. The number of pyridine rings is 2. The van der Waals surface area contributed by atoms with E-state index < -0.39 is 10.0 Å². The average molecular weight is 442 g/mol. The molecule has 0 saturated carbocycles. The highest BCUT2D eigenvalue weighted by molar-refractivity contribution is 7.92. The fourth-order valence-electron chi connectivity index (χ4n) is 2.97. The predicted octanol–water partition coefficient (Wildman–Crippen LogP) is 4.35. The minimum Gasteiger partial charge on any atom is -0.481 e. The van der Waals surface area contributed by atoms with Crippen molar-refractivity contribution in [2.45, 2.75) is 4.90 Å². The Morgan fingerprint density at radius 2 is 1.75 bits per heavy atom. The van der Waals surface area contributed by atoms with Gasteiger partial charge in [-0.3, -0.25) is 9.71 Å². The van der Waals surface area contributed by atoms with E-state index in [2.05, 4.69) is 26.5 Å². The van der Waals surface area contributed by atoms with E-state index in [1.165, 1.54) is 13.2 Å². The summed E-state index contributed by atoms with van der Waals surface area (Å²) in [6, 6.07) is 22.6. The standard InChI is InChI=1S/C25H19N3O3S/c1-31-25-13-5-12-23(27-25)21-9-4-10-22(17-21)32(29,30)28-24-11-3-2-8-20(24)15-14-19-7-6-16-26-18-19/h2-13,16-18,28H,1H3. The van der Waals surface area contributed by atoms with E-state index in [0.29, 0.717) is 28.4 Å². The highest BCUT2D eigenvalue weighted by Crippen LogP contribution is 2.25. The molecule has 0 aliphatic heterocycles. The zero-order chi connectivity index (χ0) is 22.4. The molecule has 0 spiro atoms. The van der Waals surface area contributed by atoms with E-state index >= 15 is 0 Å². The van der Waals surface area contributed by atoms with Gasteiger partial charge in [0.2, 0.25) is 5.88 Å². The summed E-state index contributed by atoms with van der Waals surface area (Å²) in [5, 5.41) is 0. The van der Waals surface area contributed by atoms with Crippen molar-refractivity contribution in [1.82, 2.24) is 9.97 Å². The topological polar surface area (TPSA) is 81.2 Å². The van der Waals surface area contributed by atoms with Crippen LogP contribution in [-0.4, -0.2) is 25.5 Å². The number of sulfonamides is 1. The van der Waals surface area contributed by atoms with Crippen LogP contribution in [0.5, 0.6) is 5.88 Å². The minimum absolute atomic E-state index is 0.120. The van der Waals surface area contributed by atoms with Gasteiger partial charge in [-0.1, -0.05) is 42.2 Å². The van der Waals surface area contributed by atoms with Gasteiger partial charge in [0.15, 0.2) is 0 Å². The van der Waals surface area contributed by atoms with Crippen LogP contribution in [0.4, 0.5) is 5.69 Å². The van der Waals surface area contributed by atoms with E-state index in [1.54, 1.807) is 79.1 Å². The van der Waals surface area contributed by atoms with E-state index in [9.17, 15) is 8.42 Å². The lowest BCUT2D eigenvalue weighted by atomic mass is 10.1. The van der Waals surface area contributed by atoms with Crippen LogP contribution in [0.1, 0.15) is 11.1 Å². The van der Waals surface area contributed by atoms with Crippen LogP contribution in [0, 0.1) is 11.8 Å². The number of benzene rings is 2. The Balaban J connectivity index is 1.64. The van der Waals surface area contributed by atoms with Gasteiger partial charge in [-0.25, -0.2) is 13.4 Å². The zero-order valence-electron chi connectivity index (χ0n) is 17.2. The molecular weight excluding hydrogens is 422 g/mol. The molecule has 0 fully saturated rings. The molecule has 2 aromatic heterocycles. The molecule has 2 aromatic carbocycles. The average Bonchev–Trinajstić information content (AvgIpc) is 2.84. The van der Waals surface area contributed by atoms with Gasteiger partial charge >= 0.3 is 0 Å². The molecular formula is C25H19N3O3S. The van der Waals surface area contributed by atoms with Gasteiger partial charge in [0.25, 0.3) is 10.0 Å². The van der Waals surface area contributed by atoms with E-state index in [0.717, 1.165) is 5.56 Å². The second kappa shape index (κ2) is 9.33. The monoisotopic (exact) mass is 441 g/mol. The second-order valence-electron chi connectivity index (χ2n) is 6.74. The Kier molecular flexibility index (Phi) is 6.15. The number of nitrogens with one attached hydrogen (secondary N) is 1. The van der Waals surface area contributed by atoms with Gasteiger partial charge < -0.3 is 4.74 Å². The van der Waals surface area contributed by atoms with Crippen molar-refractivity contribution in [3.05, 3.63) is 102 Å². The van der Waals surface area contributed by atoms with Crippen LogP contribution in [0.25, 0.3) is 11.3 Å². The predicted molar refractivity (Wildman–Crippen MR) is 124 cm³/mol. The Bertz CT molecular complexity index is 1410. The molecule has 0 atom stereocenters. The molecule has 32 heavy (non-hydrogen) atoms. The second-order valence-corrected chi connectivity index (χ2v) is 8.42. The number of methoxy groups -OCH3 is 1. The molecule has 0 aliphatic carbocycles. The van der Waals surface area contributed by atoms with Crippen molar-refractivity contribution in [2.75, 3.05) is 11.8 Å². The molecule has 4 rings (SSSR count). The van der Waals surface area contributed by atoms with Crippen LogP contribution in [0.3, 0.4) is 0 Å². The summed E-state index contributed by atoms with van der Waals surface area (Å²) < 4.78 is 34.1. The molecule has 0 saturated heterocycles. The lowest BCUT2D eigenvalue weighted by Gasteiger charge is -2.11. The van der Waals surface area contributed by atoms with Crippen LogP contribution >= 0.6 is 0 Å². The first kappa shape index (κ1) is 21.1. The van der Waals surface area contributed by atoms with Crippen molar-refractivity contribution in [3.63, 3.8) is 0 Å². The number of hydrogen-bond donors (Lipinski definition) is 1. The van der Waals surface area contributed by atoms with Gasteiger partial charge in [0.05, 0.1) is 23.4 Å². The fraction of sp³-hybridized carbons (Fsp3) is 0.0400. The van der Waals surface area contributed by atoms with Gasteiger partial charge in [0, 0.05) is 35.2 Å². The van der Waals surface area contributed by atoms with Gasteiger partial charge in [-0.2, -0.15) is 0 Å². The fourth-order valence-corrected chi connectivity index (χ4v) is 4.10. The number of anilines is 1. The number of hydrogen-bond acceptors (Lipinski definition) is 5. The minimum atomic E-state index is -3.85. The van der Waals surface area contributed by atoms with Crippen molar-refractivity contribution in [2.24, 2.45) is 0 Å². The molecule has 0 aliphatic rings. The Labute approximate surface area is 187 Å². The molecule has 0 amide bonds. The molecule has 7 heteroatoms. The third-order valence-electron chi connectivity index (χ3n) is 4.55. The summed E-state index contributed by atoms with van der Waals surface area (Å²) in [5.74, 6) is 6.47. The molecule has 4 aromatic rings. The summed E-state index contributed by atoms with van der Waals surface area (Å²) >= 11 is 0. The lowest BCUT2D eigenvalue weighted by molar-refractivity contribution is 0.398. The molecule has 0 radical (unpaired) electrons. The number of para-hydroxylation sites is 1. The molecule has 6 nitrogen and oxygen atoms in total. The number of ether oxygens (including phenoxy) is 1. The Morgan fingerprint density at radius 1 is 0.906 bits per heavy atom. The van der Waals surface area contributed by atoms with Crippen molar-refractivity contribution < 1.29 is 13.2 Å². The molecule has 0 unspecified atom stereocenters. The highest BCUT2D eigenvalue weighted by Gasteiger charge is 2.17. The maximum absolute atomic E-state index is 13.1. The first-order chi connectivity index (χ1) is 15.5. The van der Waals surface area contributed by atoms with Crippen molar-refractivity contribution >= 4 is 15.7 Å². The van der Waals surface area contributed by atoms with Crippen LogP contribution in [0.15, 0.2) is 96.2 Å². The lowest BCUT2D eigenvalue weighted by Crippen LogP contribution is -2.14. The highest BCUT2D eigenvalue weighted by atomic mass is 32.2. The van der Waals surface area contributed by atoms with Crippen LogP contribution < -0.4 is 9.46 Å². The smallest absolute Gasteiger partial charge is 0.261 e. The molecule has 1 N–H and O–H groups in total. The molecule has 158 valence electrons. The van der Waals surface area contributed by atoms with E-state index in [-0.39, 0.29) is 4.90 Å². The quantitative estimate of drug-likeness (QED) is 0.466. The number of nitrogens with zero attached hydrogens (tertiary/aromatic N) is 2. The van der Waals surface area contributed by atoms with Gasteiger partial charge in [-0.05, 0) is 42.5 Å². The molecule has 2 heterocycles. The van der Waals surface area contributed by atoms with Gasteiger partial charge in [-0.15, -0.1) is 0 Å². The SMILES string of the molecule is COc1cccc(-c2cccc(S(=O)(=O)Nc3ccccc3C#Cc3cccnc3)c2)n1. The number of rotatable bonds is 5. The Hall–Kier alpha value is -4.15. The summed E-state index contributed by atoms with van der Waals surface area (Å²) in [6.07, 6.45) is 3.32. The summed E-state index contributed by atoms with van der Waals surface area (Å²) in [6.45, 7) is 0. The largest absolute Gasteiger partial charge is 0.481 e. The summed E-state index contributed by atoms with van der Waals surface area (Å²) in [4.78, 5) is 8.53. The van der Waals surface area contributed by atoms with Crippen LogP contribution in [-0.2, 0) is 10.0 Å². The first-order valence-corrected chi connectivity index (χ1v) is 11.2. The third-order valence-corrected chi connectivity index (χ3v) is 5.91. The maximum Gasteiger partial charge on any atom is 0.261 e. The third kappa shape index (κ3) is 4.94. The van der Waals surface area contributed by atoms with Crippen molar-refractivity contribution in [3.8, 4) is 29.0 Å². The Morgan fingerprint density at radius 3 is 2.56 bits per heavy atom. The summed E-state index contributed by atoms with van der Waals surface area (Å²) in [5.41, 5.74) is 2.98. The first-order valence-electron chi connectivity index (χ1n) is 9.70. The van der Waals surface area contributed by atoms with Crippen molar-refractivity contribution in [1.29, 1.82) is 0 Å². The van der Waals surface area contributed by atoms with E-state index in [1.807, 2.05) is 6.07 Å². The van der Waals surface area contributed by atoms with E-state index in [4.69, 9.17) is 4.74 Å². The normalized spacial score (nSPS) is 10.7. The zero-order valence-corrected chi connectivity index (χ0v) is 18.0. The maximum atomic E-state index is 13.1.